The zero-order valence-electron chi connectivity index (χ0n) is 12.7. The summed E-state index contributed by atoms with van der Waals surface area (Å²) in [4.78, 5) is 26.6. The molecule has 3 nitrogen and oxygen atoms in total. The number of benzene rings is 2. The lowest BCUT2D eigenvalue weighted by atomic mass is 10.0. The Hall–Kier alpha value is -2.94. The average Bonchev–Trinajstić information content (AvgIpc) is 2.63. The first kappa shape index (κ1) is 15.0. The standard InChI is InChI=1S/C20H17NO2/c22-19(16-8-3-1-4-9-16)15-21-13-7-12-18(14-21)20(23)17-10-5-2-6-11-17/h1-13H,14-15H2. The molecule has 23 heavy (non-hydrogen) atoms. The van der Waals surface area contributed by atoms with Crippen LogP contribution in [0.15, 0.2) is 84.6 Å². The summed E-state index contributed by atoms with van der Waals surface area (Å²) in [6, 6.07) is 18.4. The molecule has 0 amide bonds. The number of ketones is 2. The van der Waals surface area contributed by atoms with Crippen LogP contribution in [0.25, 0.3) is 0 Å². The Morgan fingerprint density at radius 3 is 2.13 bits per heavy atom. The van der Waals surface area contributed by atoms with Crippen LogP contribution in [-0.4, -0.2) is 29.6 Å². The van der Waals surface area contributed by atoms with Crippen LogP contribution < -0.4 is 0 Å². The van der Waals surface area contributed by atoms with Gasteiger partial charge in [-0.15, -0.1) is 0 Å². The summed E-state index contributed by atoms with van der Waals surface area (Å²) in [6.45, 7) is 0.711. The van der Waals surface area contributed by atoms with Crippen LogP contribution in [0.2, 0.25) is 0 Å². The highest BCUT2D eigenvalue weighted by Gasteiger charge is 2.18. The van der Waals surface area contributed by atoms with Gasteiger partial charge in [-0.25, -0.2) is 0 Å². The number of carbonyl (C=O) groups excluding carboxylic acids is 2. The molecule has 0 aliphatic carbocycles. The predicted molar refractivity (Wildman–Crippen MR) is 90.3 cm³/mol. The third-order valence-electron chi connectivity index (χ3n) is 3.74. The molecule has 1 heterocycles. The van der Waals surface area contributed by atoms with E-state index in [4.69, 9.17) is 0 Å². The number of Topliss-reactive ketones (excluding diaryl/α,β-unsaturated/α-hetero) is 2. The zero-order valence-corrected chi connectivity index (χ0v) is 12.7. The average molecular weight is 303 g/mol. The van der Waals surface area contributed by atoms with Crippen molar-refractivity contribution in [3.8, 4) is 0 Å². The van der Waals surface area contributed by atoms with Gasteiger partial charge in [-0.3, -0.25) is 9.59 Å². The summed E-state index contributed by atoms with van der Waals surface area (Å²) in [7, 11) is 0. The molecule has 2 aromatic rings. The van der Waals surface area contributed by atoms with Crippen LogP contribution in [0.5, 0.6) is 0 Å². The van der Waals surface area contributed by atoms with Gasteiger partial charge in [0.2, 0.25) is 0 Å². The molecule has 0 aromatic heterocycles. The minimum atomic E-state index is 0.00658. The van der Waals surface area contributed by atoms with Crippen LogP contribution in [0.1, 0.15) is 20.7 Å². The molecule has 0 bridgehead atoms. The Balaban J connectivity index is 1.67. The molecule has 3 rings (SSSR count). The maximum atomic E-state index is 12.5. The Morgan fingerprint density at radius 2 is 1.48 bits per heavy atom. The topological polar surface area (TPSA) is 37.4 Å². The summed E-state index contributed by atoms with van der Waals surface area (Å²) in [5, 5.41) is 0. The van der Waals surface area contributed by atoms with Crippen molar-refractivity contribution in [2.75, 3.05) is 13.1 Å². The molecule has 1 aliphatic rings. The second kappa shape index (κ2) is 6.88. The van der Waals surface area contributed by atoms with E-state index in [1.807, 2.05) is 71.8 Å². The van der Waals surface area contributed by atoms with Crippen LogP contribution in [0.4, 0.5) is 0 Å². The van der Waals surface area contributed by atoms with Gasteiger partial charge >= 0.3 is 0 Å². The van der Waals surface area contributed by atoms with Crippen molar-refractivity contribution in [1.82, 2.24) is 4.90 Å². The lowest BCUT2D eigenvalue weighted by molar-refractivity contribution is 0.0946. The lowest BCUT2D eigenvalue weighted by Crippen LogP contribution is -2.30. The fourth-order valence-electron chi connectivity index (χ4n) is 2.54. The van der Waals surface area contributed by atoms with Gasteiger partial charge in [0.25, 0.3) is 0 Å². The van der Waals surface area contributed by atoms with E-state index in [1.54, 1.807) is 12.1 Å². The van der Waals surface area contributed by atoms with Gasteiger partial charge < -0.3 is 4.90 Å². The maximum Gasteiger partial charge on any atom is 0.190 e. The van der Waals surface area contributed by atoms with E-state index >= 15 is 0 Å². The predicted octanol–water partition coefficient (Wildman–Crippen LogP) is 3.51. The first-order valence-electron chi connectivity index (χ1n) is 7.53. The first-order chi connectivity index (χ1) is 11.2. The van der Waals surface area contributed by atoms with Crippen molar-refractivity contribution in [1.29, 1.82) is 0 Å². The first-order valence-corrected chi connectivity index (χ1v) is 7.53. The number of nitrogens with zero attached hydrogens (tertiary/aromatic N) is 1. The Bertz CT molecular complexity index is 761. The van der Waals surface area contributed by atoms with Gasteiger partial charge in [0.1, 0.15) is 0 Å². The summed E-state index contributed by atoms with van der Waals surface area (Å²) >= 11 is 0. The van der Waals surface area contributed by atoms with Crippen molar-refractivity contribution >= 4 is 11.6 Å². The second-order valence-corrected chi connectivity index (χ2v) is 5.42. The fourth-order valence-corrected chi connectivity index (χ4v) is 2.54. The molecule has 2 aromatic carbocycles. The van der Waals surface area contributed by atoms with Crippen LogP contribution in [0, 0.1) is 0 Å². The molecule has 0 N–H and O–H groups in total. The summed E-state index contributed by atoms with van der Waals surface area (Å²) in [5.41, 5.74) is 2.05. The normalized spacial score (nSPS) is 13.6. The number of carbonyl (C=O) groups is 2. The zero-order chi connectivity index (χ0) is 16.1. The van der Waals surface area contributed by atoms with Crippen molar-refractivity contribution < 1.29 is 9.59 Å². The minimum absolute atomic E-state index is 0.00658. The molecular weight excluding hydrogens is 286 g/mol. The summed E-state index contributed by atoms with van der Waals surface area (Å²) < 4.78 is 0. The van der Waals surface area contributed by atoms with Gasteiger partial charge in [-0.1, -0.05) is 66.7 Å². The van der Waals surface area contributed by atoms with E-state index < -0.39 is 0 Å². The van der Waals surface area contributed by atoms with E-state index in [2.05, 4.69) is 0 Å². The summed E-state index contributed by atoms with van der Waals surface area (Å²) in [6.07, 6.45) is 5.49. The van der Waals surface area contributed by atoms with Crippen LogP contribution in [0.3, 0.4) is 0 Å². The van der Waals surface area contributed by atoms with Gasteiger partial charge in [-0.2, -0.15) is 0 Å². The van der Waals surface area contributed by atoms with E-state index in [0.717, 1.165) is 0 Å². The molecule has 0 atom stereocenters. The Morgan fingerprint density at radius 1 is 0.870 bits per heavy atom. The molecule has 0 spiro atoms. The maximum absolute atomic E-state index is 12.5. The number of hydrogen-bond acceptors (Lipinski definition) is 3. The lowest BCUT2D eigenvalue weighted by Gasteiger charge is -2.23. The van der Waals surface area contributed by atoms with E-state index in [9.17, 15) is 9.59 Å². The molecule has 0 saturated heterocycles. The number of hydrogen-bond donors (Lipinski definition) is 0. The van der Waals surface area contributed by atoms with Crippen molar-refractivity contribution in [2.45, 2.75) is 0 Å². The SMILES string of the molecule is O=C(CN1C=CC=C(C(=O)c2ccccc2)C1)c1ccccc1. The second-order valence-electron chi connectivity index (χ2n) is 5.42. The molecular formula is C20H17NO2. The summed E-state index contributed by atoms with van der Waals surface area (Å²) in [5.74, 6) is 0.0516. The molecule has 1 aliphatic heterocycles. The molecule has 114 valence electrons. The third kappa shape index (κ3) is 3.64. The third-order valence-corrected chi connectivity index (χ3v) is 3.74. The van der Waals surface area contributed by atoms with Gasteiger partial charge in [0.15, 0.2) is 11.6 Å². The van der Waals surface area contributed by atoms with Gasteiger partial charge in [0.05, 0.1) is 6.54 Å². The highest BCUT2D eigenvalue weighted by molar-refractivity contribution is 6.09. The minimum Gasteiger partial charge on any atom is -0.365 e. The number of allylic oxidation sites excluding steroid dienone is 2. The largest absolute Gasteiger partial charge is 0.365 e. The quantitative estimate of drug-likeness (QED) is 0.793. The number of rotatable bonds is 5. The molecule has 0 radical (unpaired) electrons. The van der Waals surface area contributed by atoms with Crippen LogP contribution in [-0.2, 0) is 0 Å². The molecule has 0 saturated carbocycles. The monoisotopic (exact) mass is 303 g/mol. The Kier molecular flexibility index (Phi) is 4.48. The molecule has 0 unspecified atom stereocenters. The van der Waals surface area contributed by atoms with E-state index in [0.29, 0.717) is 23.2 Å². The molecule has 3 heteroatoms. The highest BCUT2D eigenvalue weighted by atomic mass is 16.1. The van der Waals surface area contributed by atoms with Gasteiger partial charge in [-0.05, 0) is 12.3 Å². The van der Waals surface area contributed by atoms with Crippen molar-refractivity contribution in [2.24, 2.45) is 0 Å². The smallest absolute Gasteiger partial charge is 0.190 e. The van der Waals surface area contributed by atoms with E-state index in [-0.39, 0.29) is 18.1 Å². The fraction of sp³-hybridized carbons (Fsp3) is 0.100. The molecule has 0 fully saturated rings. The Labute approximate surface area is 135 Å². The van der Waals surface area contributed by atoms with Crippen LogP contribution >= 0.6 is 0 Å². The van der Waals surface area contributed by atoms with Crippen molar-refractivity contribution in [3.63, 3.8) is 0 Å². The van der Waals surface area contributed by atoms with E-state index in [1.165, 1.54) is 0 Å². The highest BCUT2D eigenvalue weighted by Crippen LogP contribution is 2.14. The van der Waals surface area contributed by atoms with Crippen molar-refractivity contribution in [3.05, 3.63) is 95.7 Å². The van der Waals surface area contributed by atoms with Gasteiger partial charge in [0, 0.05) is 23.2 Å².